The van der Waals surface area contributed by atoms with Crippen LogP contribution in [0, 0.1) is 0 Å². The van der Waals surface area contributed by atoms with Gasteiger partial charge in [-0.3, -0.25) is 4.79 Å². The number of nitrogens with one attached hydrogen (secondary N) is 1. The number of Topliss-reactive ketones (excluding diaryl/α,β-unsaturated/α-hetero) is 1. The minimum absolute atomic E-state index is 0.170. The quantitative estimate of drug-likeness (QED) is 0.648. The largest absolute Gasteiger partial charge is 0.481 e. The molecule has 0 saturated carbocycles. The molecule has 1 unspecified atom stereocenters. The van der Waals surface area contributed by atoms with Gasteiger partial charge in [-0.1, -0.05) is 12.1 Å². The lowest BCUT2D eigenvalue weighted by atomic mass is 10.1. The predicted octanol–water partition coefficient (Wildman–Crippen LogP) is 3.80. The summed E-state index contributed by atoms with van der Waals surface area (Å²) in [5.41, 5.74) is 2.73. The molecule has 6 nitrogen and oxygen atoms in total. The summed E-state index contributed by atoms with van der Waals surface area (Å²) in [4.78, 5) is 27.5. The van der Waals surface area contributed by atoms with Crippen molar-refractivity contribution in [1.82, 2.24) is 9.55 Å². The molecule has 0 fully saturated rings. The van der Waals surface area contributed by atoms with Crippen molar-refractivity contribution in [1.29, 1.82) is 0 Å². The molecule has 3 aromatic rings. The van der Waals surface area contributed by atoms with Crippen molar-refractivity contribution in [3.63, 3.8) is 0 Å². The Bertz CT molecular complexity index is 917. The third-order valence-corrected chi connectivity index (χ3v) is 4.31. The van der Waals surface area contributed by atoms with E-state index >= 15 is 0 Å². The number of hydrogen-bond donors (Lipinski definition) is 1. The number of carbonyl (C=O) groups is 2. The van der Waals surface area contributed by atoms with E-state index in [9.17, 15) is 9.59 Å². The number of ketones is 1. The monoisotopic (exact) mass is 377 g/mol. The molecule has 0 saturated heterocycles. The van der Waals surface area contributed by atoms with Gasteiger partial charge >= 0.3 is 0 Å². The summed E-state index contributed by atoms with van der Waals surface area (Å²) >= 11 is 0. The first-order chi connectivity index (χ1) is 13.5. The molecule has 144 valence electrons. The van der Waals surface area contributed by atoms with Crippen molar-refractivity contribution < 1.29 is 14.3 Å². The molecule has 1 amide bonds. The Balaban J connectivity index is 1.53. The van der Waals surface area contributed by atoms with Gasteiger partial charge in [0, 0.05) is 30.2 Å². The standard InChI is InChI=1S/C22H23N3O3/c1-16(26)3-4-18-5-11-21(12-6-18)28-17(2)22(27)24-19-7-9-20(10-8-19)25-14-13-23-15-25/h5-15,17H,3-4H2,1-2H3,(H,24,27). The van der Waals surface area contributed by atoms with E-state index in [1.165, 1.54) is 0 Å². The van der Waals surface area contributed by atoms with Crippen molar-refractivity contribution in [2.45, 2.75) is 32.8 Å². The summed E-state index contributed by atoms with van der Waals surface area (Å²) < 4.78 is 7.61. The van der Waals surface area contributed by atoms with Crippen LogP contribution in [-0.4, -0.2) is 27.3 Å². The van der Waals surface area contributed by atoms with E-state index in [0.717, 1.165) is 11.3 Å². The van der Waals surface area contributed by atoms with Crippen molar-refractivity contribution in [2.24, 2.45) is 0 Å². The Labute approximate surface area is 164 Å². The number of amides is 1. The summed E-state index contributed by atoms with van der Waals surface area (Å²) in [6, 6.07) is 15.0. The minimum atomic E-state index is -0.642. The van der Waals surface area contributed by atoms with E-state index < -0.39 is 6.10 Å². The van der Waals surface area contributed by atoms with Crippen LogP contribution in [0.2, 0.25) is 0 Å². The van der Waals surface area contributed by atoms with Crippen molar-refractivity contribution in [2.75, 3.05) is 5.32 Å². The fourth-order valence-electron chi connectivity index (χ4n) is 2.69. The highest BCUT2D eigenvalue weighted by molar-refractivity contribution is 5.94. The fraction of sp³-hybridized carbons (Fsp3) is 0.227. The van der Waals surface area contributed by atoms with Gasteiger partial charge in [-0.05, 0) is 62.2 Å². The van der Waals surface area contributed by atoms with Gasteiger partial charge in [0.05, 0.1) is 6.33 Å². The number of aromatic nitrogens is 2. The summed E-state index contributed by atoms with van der Waals surface area (Å²) in [7, 11) is 0. The van der Waals surface area contributed by atoms with Crippen LogP contribution in [0.1, 0.15) is 25.8 Å². The smallest absolute Gasteiger partial charge is 0.265 e. The summed E-state index contributed by atoms with van der Waals surface area (Å²) in [5.74, 6) is 0.560. The normalized spacial score (nSPS) is 11.6. The highest BCUT2D eigenvalue weighted by Crippen LogP contribution is 2.17. The number of hydrogen-bond acceptors (Lipinski definition) is 4. The maximum Gasteiger partial charge on any atom is 0.265 e. The number of benzene rings is 2. The minimum Gasteiger partial charge on any atom is -0.481 e. The molecule has 1 aromatic heterocycles. The van der Waals surface area contributed by atoms with Crippen LogP contribution in [-0.2, 0) is 16.0 Å². The van der Waals surface area contributed by atoms with Crippen molar-refractivity contribution in [3.8, 4) is 11.4 Å². The molecule has 28 heavy (non-hydrogen) atoms. The van der Waals surface area contributed by atoms with Gasteiger partial charge in [0.15, 0.2) is 6.10 Å². The topological polar surface area (TPSA) is 73.2 Å². The van der Waals surface area contributed by atoms with Crippen molar-refractivity contribution in [3.05, 3.63) is 72.8 Å². The van der Waals surface area contributed by atoms with E-state index in [1.54, 1.807) is 26.4 Å². The van der Waals surface area contributed by atoms with Crippen LogP contribution < -0.4 is 10.1 Å². The molecule has 6 heteroatoms. The lowest BCUT2D eigenvalue weighted by Crippen LogP contribution is -2.30. The van der Waals surface area contributed by atoms with Gasteiger partial charge in [-0.25, -0.2) is 4.98 Å². The van der Waals surface area contributed by atoms with Crippen molar-refractivity contribution >= 4 is 17.4 Å². The first kappa shape index (κ1) is 19.4. The van der Waals surface area contributed by atoms with Gasteiger partial charge in [0.25, 0.3) is 5.91 Å². The molecule has 0 aliphatic carbocycles. The van der Waals surface area contributed by atoms with Gasteiger partial charge in [0.1, 0.15) is 11.5 Å². The first-order valence-corrected chi connectivity index (χ1v) is 9.15. The Kier molecular flexibility index (Phi) is 6.22. The average Bonchev–Trinajstić information content (AvgIpc) is 3.22. The van der Waals surface area contributed by atoms with Crippen LogP contribution in [0.4, 0.5) is 5.69 Å². The second-order valence-electron chi connectivity index (χ2n) is 6.61. The zero-order valence-corrected chi connectivity index (χ0v) is 16.0. The lowest BCUT2D eigenvalue weighted by Gasteiger charge is -2.15. The zero-order chi connectivity index (χ0) is 19.9. The maximum atomic E-state index is 12.4. The Morgan fingerprint density at radius 2 is 1.82 bits per heavy atom. The second-order valence-corrected chi connectivity index (χ2v) is 6.61. The molecule has 0 bridgehead atoms. The van der Waals surface area contributed by atoms with Crippen LogP contribution in [0.5, 0.6) is 5.75 Å². The molecule has 3 rings (SSSR count). The molecule has 0 aliphatic rings. The number of anilines is 1. The van der Waals surface area contributed by atoms with Gasteiger partial charge in [-0.15, -0.1) is 0 Å². The van der Waals surface area contributed by atoms with E-state index in [1.807, 2.05) is 59.3 Å². The summed E-state index contributed by atoms with van der Waals surface area (Å²) in [6.45, 7) is 3.29. The number of imidazole rings is 1. The van der Waals surface area contributed by atoms with Gasteiger partial charge in [-0.2, -0.15) is 0 Å². The molecule has 0 aliphatic heterocycles. The summed E-state index contributed by atoms with van der Waals surface area (Å²) in [5, 5.41) is 2.85. The lowest BCUT2D eigenvalue weighted by molar-refractivity contribution is -0.122. The van der Waals surface area contributed by atoms with E-state index in [2.05, 4.69) is 10.3 Å². The average molecular weight is 377 g/mol. The Hall–Kier alpha value is -3.41. The Morgan fingerprint density at radius 1 is 1.11 bits per heavy atom. The molecule has 0 radical (unpaired) electrons. The number of aryl methyl sites for hydroxylation is 1. The third-order valence-electron chi connectivity index (χ3n) is 4.31. The maximum absolute atomic E-state index is 12.4. The van der Waals surface area contributed by atoms with E-state index in [4.69, 9.17) is 4.74 Å². The van der Waals surface area contributed by atoms with E-state index in [0.29, 0.717) is 24.3 Å². The number of ether oxygens (including phenoxy) is 1. The fourth-order valence-corrected chi connectivity index (χ4v) is 2.69. The Morgan fingerprint density at radius 3 is 2.43 bits per heavy atom. The van der Waals surface area contributed by atoms with Crippen LogP contribution in [0.3, 0.4) is 0 Å². The predicted molar refractivity (Wildman–Crippen MR) is 108 cm³/mol. The van der Waals surface area contributed by atoms with Gasteiger partial charge in [0.2, 0.25) is 0 Å². The SMILES string of the molecule is CC(=O)CCc1ccc(OC(C)C(=O)Nc2ccc(-n3ccnc3)cc2)cc1. The molecule has 1 atom stereocenters. The molecule has 1 heterocycles. The van der Waals surface area contributed by atoms with Gasteiger partial charge < -0.3 is 19.4 Å². The number of nitrogens with zero attached hydrogens (tertiary/aromatic N) is 2. The molecular weight excluding hydrogens is 354 g/mol. The highest BCUT2D eigenvalue weighted by Gasteiger charge is 2.15. The summed E-state index contributed by atoms with van der Waals surface area (Å²) in [6.07, 6.45) is 5.88. The molecular formula is C22H23N3O3. The van der Waals surface area contributed by atoms with Crippen LogP contribution >= 0.6 is 0 Å². The molecule has 0 spiro atoms. The molecule has 1 N–H and O–H groups in total. The highest BCUT2D eigenvalue weighted by atomic mass is 16.5. The van der Waals surface area contributed by atoms with Crippen LogP contribution in [0.25, 0.3) is 5.69 Å². The number of rotatable bonds is 8. The first-order valence-electron chi connectivity index (χ1n) is 9.15. The second kappa shape index (κ2) is 8.99. The molecule has 2 aromatic carbocycles. The number of carbonyl (C=O) groups excluding carboxylic acids is 2. The third kappa shape index (κ3) is 5.30. The van der Waals surface area contributed by atoms with Crippen LogP contribution in [0.15, 0.2) is 67.3 Å². The van der Waals surface area contributed by atoms with E-state index in [-0.39, 0.29) is 11.7 Å². The zero-order valence-electron chi connectivity index (χ0n) is 16.0.